The second-order valence-corrected chi connectivity index (χ2v) is 10.2. The van der Waals surface area contributed by atoms with Crippen molar-refractivity contribution in [3.63, 3.8) is 0 Å². The van der Waals surface area contributed by atoms with E-state index in [1.165, 1.54) is 21.5 Å². The Bertz CT molecular complexity index is 2430. The first kappa shape index (κ1) is 21.4. The quantitative estimate of drug-likeness (QED) is 0.219. The highest BCUT2D eigenvalue weighted by molar-refractivity contribution is 6.21. The molecular formula is C35H21N5. The topological polar surface area (TPSA) is 48.0 Å². The highest BCUT2D eigenvalue weighted by Crippen LogP contribution is 2.39. The molecule has 0 saturated heterocycles. The Morgan fingerprint density at radius 2 is 1.27 bits per heavy atom. The van der Waals surface area contributed by atoms with Crippen LogP contribution in [0.4, 0.5) is 0 Å². The molecule has 5 heteroatoms. The van der Waals surface area contributed by atoms with Gasteiger partial charge in [-0.3, -0.25) is 14.0 Å². The maximum atomic E-state index is 5.14. The minimum atomic E-state index is 0.872. The first-order valence-corrected chi connectivity index (χ1v) is 13.4. The Morgan fingerprint density at radius 1 is 0.500 bits per heavy atom. The Morgan fingerprint density at radius 3 is 2.12 bits per heavy atom. The van der Waals surface area contributed by atoms with E-state index in [2.05, 4.69) is 111 Å². The second kappa shape index (κ2) is 7.98. The molecule has 0 amide bonds. The molecule has 9 aromatic rings. The van der Waals surface area contributed by atoms with Gasteiger partial charge in [0.15, 0.2) is 0 Å². The maximum Gasteiger partial charge on any atom is 0.146 e. The van der Waals surface area contributed by atoms with Crippen LogP contribution in [-0.4, -0.2) is 23.9 Å². The number of fused-ring (bicyclic) bond motifs is 11. The number of aromatic nitrogens is 5. The summed E-state index contributed by atoms with van der Waals surface area (Å²) < 4.78 is 4.57. The highest BCUT2D eigenvalue weighted by Gasteiger charge is 2.19. The predicted molar refractivity (Wildman–Crippen MR) is 163 cm³/mol. The largest absolute Gasteiger partial charge is 0.294 e. The van der Waals surface area contributed by atoms with Crippen molar-refractivity contribution in [2.24, 2.45) is 0 Å². The zero-order chi connectivity index (χ0) is 26.2. The average Bonchev–Trinajstić information content (AvgIpc) is 3.57. The third-order valence-electron chi connectivity index (χ3n) is 7.97. The summed E-state index contributed by atoms with van der Waals surface area (Å²) in [5.41, 5.74) is 8.34. The van der Waals surface area contributed by atoms with Gasteiger partial charge in [0, 0.05) is 39.5 Å². The zero-order valence-electron chi connectivity index (χ0n) is 21.4. The molecule has 5 nitrogen and oxygen atoms in total. The van der Waals surface area contributed by atoms with Gasteiger partial charge in [-0.2, -0.15) is 0 Å². The summed E-state index contributed by atoms with van der Waals surface area (Å²) in [7, 11) is 0. The van der Waals surface area contributed by atoms with Crippen molar-refractivity contribution < 1.29 is 0 Å². The van der Waals surface area contributed by atoms with Crippen molar-refractivity contribution >= 4 is 60.2 Å². The summed E-state index contributed by atoms with van der Waals surface area (Å²) in [4.78, 5) is 14.6. The van der Waals surface area contributed by atoms with Gasteiger partial charge in [-0.1, -0.05) is 54.6 Å². The van der Waals surface area contributed by atoms with Crippen molar-refractivity contribution in [1.82, 2.24) is 23.9 Å². The molecule has 0 spiro atoms. The van der Waals surface area contributed by atoms with Crippen molar-refractivity contribution in [3.8, 4) is 17.1 Å². The summed E-state index contributed by atoms with van der Waals surface area (Å²) in [6.45, 7) is 0. The van der Waals surface area contributed by atoms with E-state index in [4.69, 9.17) is 9.97 Å². The van der Waals surface area contributed by atoms with E-state index in [0.717, 1.165) is 55.7 Å². The van der Waals surface area contributed by atoms with Crippen LogP contribution in [0, 0.1) is 0 Å². The van der Waals surface area contributed by atoms with Crippen LogP contribution in [0.5, 0.6) is 0 Å². The lowest BCUT2D eigenvalue weighted by Crippen LogP contribution is -1.99. The molecule has 0 N–H and O–H groups in total. The van der Waals surface area contributed by atoms with Gasteiger partial charge in [-0.25, -0.2) is 9.97 Å². The molecule has 0 radical (unpaired) electrons. The number of benzene rings is 4. The van der Waals surface area contributed by atoms with E-state index >= 15 is 0 Å². The highest BCUT2D eigenvalue weighted by atomic mass is 15.1. The molecule has 0 aliphatic heterocycles. The molecule has 0 atom stereocenters. The lowest BCUT2D eigenvalue weighted by atomic mass is 10.0. The molecule has 0 aliphatic rings. The molecule has 5 heterocycles. The third-order valence-corrected chi connectivity index (χ3v) is 7.97. The van der Waals surface area contributed by atoms with E-state index in [-0.39, 0.29) is 0 Å². The molecule has 9 rings (SSSR count). The number of hydrogen-bond donors (Lipinski definition) is 0. The Kier molecular flexibility index (Phi) is 4.27. The lowest BCUT2D eigenvalue weighted by Gasteiger charge is -2.11. The van der Waals surface area contributed by atoms with Gasteiger partial charge < -0.3 is 0 Å². The van der Waals surface area contributed by atoms with E-state index in [0.29, 0.717) is 0 Å². The van der Waals surface area contributed by atoms with Crippen LogP contribution in [0.1, 0.15) is 0 Å². The van der Waals surface area contributed by atoms with E-state index in [9.17, 15) is 0 Å². The zero-order valence-corrected chi connectivity index (χ0v) is 21.4. The Labute approximate surface area is 228 Å². The average molecular weight is 512 g/mol. The smallest absolute Gasteiger partial charge is 0.146 e. The summed E-state index contributed by atoms with van der Waals surface area (Å²) in [5.74, 6) is 0.872. The predicted octanol–water partition coefficient (Wildman–Crippen LogP) is 8.35. The third kappa shape index (κ3) is 2.89. The lowest BCUT2D eigenvalue weighted by molar-refractivity contribution is 1.08. The first-order chi connectivity index (χ1) is 19.8. The van der Waals surface area contributed by atoms with Gasteiger partial charge in [-0.15, -0.1) is 0 Å². The van der Waals surface area contributed by atoms with Gasteiger partial charge in [0.2, 0.25) is 0 Å². The van der Waals surface area contributed by atoms with E-state index < -0.39 is 0 Å². The molecule has 0 saturated carbocycles. The number of pyridine rings is 3. The van der Waals surface area contributed by atoms with Crippen LogP contribution in [0.25, 0.3) is 77.2 Å². The van der Waals surface area contributed by atoms with Gasteiger partial charge in [0.25, 0.3) is 0 Å². The second-order valence-electron chi connectivity index (χ2n) is 10.2. The molecule has 0 aliphatic carbocycles. The normalized spacial score (nSPS) is 12.0. The minimum absolute atomic E-state index is 0.872. The summed E-state index contributed by atoms with van der Waals surface area (Å²) >= 11 is 0. The maximum absolute atomic E-state index is 5.14. The van der Waals surface area contributed by atoms with Crippen LogP contribution >= 0.6 is 0 Å². The first-order valence-electron chi connectivity index (χ1n) is 13.4. The number of para-hydroxylation sites is 4. The van der Waals surface area contributed by atoms with Gasteiger partial charge in [0.1, 0.15) is 11.5 Å². The molecule has 40 heavy (non-hydrogen) atoms. The fourth-order valence-corrected chi connectivity index (χ4v) is 6.24. The van der Waals surface area contributed by atoms with Crippen molar-refractivity contribution in [2.75, 3.05) is 0 Å². The van der Waals surface area contributed by atoms with Gasteiger partial charge in [0.05, 0.1) is 33.3 Å². The minimum Gasteiger partial charge on any atom is -0.294 e. The van der Waals surface area contributed by atoms with Crippen LogP contribution in [-0.2, 0) is 0 Å². The van der Waals surface area contributed by atoms with Crippen LogP contribution < -0.4 is 0 Å². The molecule has 0 fully saturated rings. The molecule has 0 bridgehead atoms. The van der Waals surface area contributed by atoms with Crippen LogP contribution in [0.2, 0.25) is 0 Å². The molecule has 186 valence electrons. The summed E-state index contributed by atoms with van der Waals surface area (Å²) in [5, 5.41) is 5.93. The summed E-state index contributed by atoms with van der Waals surface area (Å²) in [6, 6.07) is 40.4. The molecular weight excluding hydrogens is 490 g/mol. The Hall–Kier alpha value is -5.55. The fraction of sp³-hybridized carbons (Fsp3) is 0. The number of imidazole rings is 1. The Balaban J connectivity index is 1.46. The standard InChI is InChI=1S/C35H21N5/c1-5-15-31-23(10-1)25-19-26-24-11-2-4-14-30(24)39(34-17-7-13-28(37-34)22-9-8-18-36-21-22)33(26)20-27(25)35-38-29-12-3-6-16-32(29)40(31)35/h1-21H. The number of rotatable bonds is 2. The number of hydrogen-bond acceptors (Lipinski definition) is 3. The van der Waals surface area contributed by atoms with Crippen molar-refractivity contribution in [3.05, 3.63) is 128 Å². The monoisotopic (exact) mass is 511 g/mol. The van der Waals surface area contributed by atoms with Gasteiger partial charge in [-0.05, 0) is 66.0 Å². The SMILES string of the molecule is c1cncc(-c2cccc(-n3c4ccccc4c4cc5c6ccccc6n6c7ccccc7nc6c5cc43)n2)c1. The summed E-state index contributed by atoms with van der Waals surface area (Å²) in [6.07, 6.45) is 3.64. The van der Waals surface area contributed by atoms with E-state index in [1.54, 1.807) is 6.20 Å². The van der Waals surface area contributed by atoms with Crippen LogP contribution in [0.15, 0.2) is 128 Å². The molecule has 5 aromatic heterocycles. The van der Waals surface area contributed by atoms with Gasteiger partial charge >= 0.3 is 0 Å². The molecule has 0 unspecified atom stereocenters. The number of nitrogens with zero attached hydrogens (tertiary/aromatic N) is 5. The van der Waals surface area contributed by atoms with Crippen molar-refractivity contribution in [1.29, 1.82) is 0 Å². The van der Waals surface area contributed by atoms with Crippen molar-refractivity contribution in [2.45, 2.75) is 0 Å². The fourth-order valence-electron chi connectivity index (χ4n) is 6.24. The van der Waals surface area contributed by atoms with E-state index in [1.807, 2.05) is 24.4 Å². The van der Waals surface area contributed by atoms with Crippen LogP contribution in [0.3, 0.4) is 0 Å². The molecule has 4 aromatic carbocycles.